The molecule has 0 spiro atoms. The van der Waals surface area contributed by atoms with Crippen molar-refractivity contribution in [3.05, 3.63) is 30.3 Å². The molecule has 0 saturated carbocycles. The molecule has 114 valence electrons. The summed E-state index contributed by atoms with van der Waals surface area (Å²) in [5, 5.41) is 9.03. The lowest BCUT2D eigenvalue weighted by atomic mass is 9.99. The van der Waals surface area contributed by atoms with Crippen LogP contribution in [0.25, 0.3) is 0 Å². The van der Waals surface area contributed by atoms with Crippen molar-refractivity contribution in [2.45, 2.75) is 19.8 Å². The molecule has 5 heteroatoms. The maximum Gasteiger partial charge on any atom is 0.323 e. The zero-order valence-corrected chi connectivity index (χ0v) is 12.4. The molecule has 0 aromatic heterocycles. The zero-order valence-electron chi connectivity index (χ0n) is 12.4. The fourth-order valence-electron chi connectivity index (χ4n) is 2.56. The number of para-hydroxylation sites is 1. The minimum absolute atomic E-state index is 0.154. The molecule has 1 N–H and O–H groups in total. The molecule has 0 atom stereocenters. The van der Waals surface area contributed by atoms with Gasteiger partial charge in [-0.2, -0.15) is 0 Å². The molecule has 1 amide bonds. The van der Waals surface area contributed by atoms with Crippen molar-refractivity contribution < 1.29 is 14.7 Å². The molecule has 5 nitrogen and oxygen atoms in total. The molecule has 0 bridgehead atoms. The Morgan fingerprint density at radius 1 is 1.24 bits per heavy atom. The van der Waals surface area contributed by atoms with Gasteiger partial charge in [0.1, 0.15) is 6.54 Å². The summed E-state index contributed by atoms with van der Waals surface area (Å²) in [6.07, 6.45) is 2.19. The number of carboxylic acids is 1. The van der Waals surface area contributed by atoms with Crippen LogP contribution in [0.1, 0.15) is 19.8 Å². The van der Waals surface area contributed by atoms with E-state index in [-0.39, 0.29) is 19.0 Å². The third kappa shape index (κ3) is 4.56. The van der Waals surface area contributed by atoms with Gasteiger partial charge in [-0.3, -0.25) is 14.5 Å². The van der Waals surface area contributed by atoms with Gasteiger partial charge < -0.3 is 10.0 Å². The second kappa shape index (κ2) is 7.22. The van der Waals surface area contributed by atoms with E-state index in [0.29, 0.717) is 11.6 Å². The first-order valence-corrected chi connectivity index (χ1v) is 7.36. The van der Waals surface area contributed by atoms with Gasteiger partial charge in [-0.05, 0) is 44.0 Å². The van der Waals surface area contributed by atoms with E-state index in [2.05, 4.69) is 11.8 Å². The Kier molecular flexibility index (Phi) is 5.33. The minimum atomic E-state index is -1.00. The molecule has 1 fully saturated rings. The maximum atomic E-state index is 12.4. The van der Waals surface area contributed by atoms with Crippen molar-refractivity contribution in [3.63, 3.8) is 0 Å². The quantitative estimate of drug-likeness (QED) is 0.899. The minimum Gasteiger partial charge on any atom is -0.480 e. The number of nitrogens with zero attached hydrogens (tertiary/aromatic N) is 2. The van der Waals surface area contributed by atoms with E-state index in [1.54, 1.807) is 24.3 Å². The van der Waals surface area contributed by atoms with Gasteiger partial charge in [0.05, 0.1) is 6.54 Å². The third-order valence-corrected chi connectivity index (χ3v) is 3.90. The van der Waals surface area contributed by atoms with E-state index in [0.717, 1.165) is 25.9 Å². The predicted octanol–water partition coefficient (Wildman–Crippen LogP) is 1.84. The van der Waals surface area contributed by atoms with Gasteiger partial charge >= 0.3 is 5.97 Å². The number of piperidine rings is 1. The van der Waals surface area contributed by atoms with Gasteiger partial charge in [0, 0.05) is 5.69 Å². The van der Waals surface area contributed by atoms with Crippen LogP contribution >= 0.6 is 0 Å². The SMILES string of the molecule is CC1CCN(CC(=O)N(CC(=O)O)c2ccccc2)CC1. The second-order valence-corrected chi connectivity index (χ2v) is 5.67. The van der Waals surface area contributed by atoms with Crippen LogP contribution in [0.3, 0.4) is 0 Å². The van der Waals surface area contributed by atoms with Gasteiger partial charge in [-0.15, -0.1) is 0 Å². The predicted molar refractivity (Wildman–Crippen MR) is 81.3 cm³/mol. The number of amides is 1. The molecule has 1 aliphatic rings. The summed E-state index contributed by atoms with van der Waals surface area (Å²) in [6, 6.07) is 8.98. The van der Waals surface area contributed by atoms with Crippen LogP contribution in [0, 0.1) is 5.92 Å². The molecule has 1 aliphatic heterocycles. The summed E-state index contributed by atoms with van der Waals surface area (Å²) in [7, 11) is 0. The van der Waals surface area contributed by atoms with E-state index in [1.807, 2.05) is 6.07 Å². The smallest absolute Gasteiger partial charge is 0.323 e. The van der Waals surface area contributed by atoms with E-state index in [9.17, 15) is 9.59 Å². The lowest BCUT2D eigenvalue weighted by Gasteiger charge is -2.31. The van der Waals surface area contributed by atoms with Crippen molar-refractivity contribution >= 4 is 17.6 Å². The molecule has 0 aliphatic carbocycles. The Bertz CT molecular complexity index is 482. The molecule has 1 aromatic carbocycles. The summed E-state index contributed by atoms with van der Waals surface area (Å²) in [4.78, 5) is 26.9. The molecule has 1 heterocycles. The third-order valence-electron chi connectivity index (χ3n) is 3.90. The highest BCUT2D eigenvalue weighted by Gasteiger charge is 2.23. The van der Waals surface area contributed by atoms with Gasteiger partial charge in [0.25, 0.3) is 0 Å². The summed E-state index contributed by atoms with van der Waals surface area (Å²) in [5.74, 6) is -0.446. The molecule has 0 unspecified atom stereocenters. The Morgan fingerprint density at radius 3 is 2.43 bits per heavy atom. The first-order chi connectivity index (χ1) is 10.1. The number of likely N-dealkylation sites (tertiary alicyclic amines) is 1. The Morgan fingerprint density at radius 2 is 1.86 bits per heavy atom. The fourth-order valence-corrected chi connectivity index (χ4v) is 2.56. The molecule has 0 radical (unpaired) electrons. The highest BCUT2D eigenvalue weighted by atomic mass is 16.4. The second-order valence-electron chi connectivity index (χ2n) is 5.67. The Hall–Kier alpha value is -1.88. The summed E-state index contributed by atoms with van der Waals surface area (Å²) < 4.78 is 0. The Balaban J connectivity index is 2.02. The largest absolute Gasteiger partial charge is 0.480 e. The maximum absolute atomic E-state index is 12.4. The highest BCUT2D eigenvalue weighted by Crippen LogP contribution is 2.17. The zero-order chi connectivity index (χ0) is 15.2. The van der Waals surface area contributed by atoms with E-state index in [1.165, 1.54) is 4.90 Å². The summed E-state index contributed by atoms with van der Waals surface area (Å²) >= 11 is 0. The first kappa shape index (κ1) is 15.5. The van der Waals surface area contributed by atoms with Crippen LogP contribution in [0.5, 0.6) is 0 Å². The first-order valence-electron chi connectivity index (χ1n) is 7.36. The fraction of sp³-hybridized carbons (Fsp3) is 0.500. The van der Waals surface area contributed by atoms with Gasteiger partial charge in [-0.25, -0.2) is 0 Å². The molecule has 1 aromatic rings. The van der Waals surface area contributed by atoms with E-state index in [4.69, 9.17) is 5.11 Å². The average Bonchev–Trinajstić information content (AvgIpc) is 2.48. The van der Waals surface area contributed by atoms with Crippen LogP contribution in [0.4, 0.5) is 5.69 Å². The highest BCUT2D eigenvalue weighted by molar-refractivity contribution is 5.98. The standard InChI is InChI=1S/C16H22N2O3/c1-13-7-9-17(10-8-13)11-15(19)18(12-16(20)21)14-5-3-2-4-6-14/h2-6,13H,7-12H2,1H3,(H,20,21). The van der Waals surface area contributed by atoms with Gasteiger partial charge in [-0.1, -0.05) is 25.1 Å². The number of carbonyl (C=O) groups excluding carboxylic acids is 1. The van der Waals surface area contributed by atoms with Crippen LogP contribution in [0.2, 0.25) is 0 Å². The number of rotatable bonds is 5. The number of benzene rings is 1. The number of aliphatic carboxylic acids is 1. The van der Waals surface area contributed by atoms with Crippen molar-refractivity contribution in [1.82, 2.24) is 4.90 Å². The van der Waals surface area contributed by atoms with Crippen LogP contribution in [-0.2, 0) is 9.59 Å². The van der Waals surface area contributed by atoms with Crippen molar-refractivity contribution in [3.8, 4) is 0 Å². The molecular weight excluding hydrogens is 268 g/mol. The summed E-state index contributed by atoms with van der Waals surface area (Å²) in [6.45, 7) is 4.02. The average molecular weight is 290 g/mol. The molecule has 21 heavy (non-hydrogen) atoms. The summed E-state index contributed by atoms with van der Waals surface area (Å²) in [5.41, 5.74) is 0.635. The number of hydrogen-bond donors (Lipinski definition) is 1. The molecule has 1 saturated heterocycles. The lowest BCUT2D eigenvalue weighted by Crippen LogP contribution is -2.45. The van der Waals surface area contributed by atoms with E-state index < -0.39 is 5.97 Å². The Labute approximate surface area is 125 Å². The normalized spacial score (nSPS) is 16.6. The monoisotopic (exact) mass is 290 g/mol. The number of carboxylic acid groups (broad SMARTS) is 1. The lowest BCUT2D eigenvalue weighted by molar-refractivity contribution is -0.136. The van der Waals surface area contributed by atoms with Crippen LogP contribution in [0.15, 0.2) is 30.3 Å². The van der Waals surface area contributed by atoms with Crippen molar-refractivity contribution in [1.29, 1.82) is 0 Å². The number of carbonyl (C=O) groups is 2. The topological polar surface area (TPSA) is 60.9 Å². The molecular formula is C16H22N2O3. The van der Waals surface area contributed by atoms with Crippen molar-refractivity contribution in [2.24, 2.45) is 5.92 Å². The van der Waals surface area contributed by atoms with E-state index >= 15 is 0 Å². The number of anilines is 1. The molecule has 2 rings (SSSR count). The van der Waals surface area contributed by atoms with Gasteiger partial charge in [0.2, 0.25) is 5.91 Å². The van der Waals surface area contributed by atoms with Gasteiger partial charge in [0.15, 0.2) is 0 Å². The van der Waals surface area contributed by atoms with Crippen molar-refractivity contribution in [2.75, 3.05) is 31.1 Å². The number of hydrogen-bond acceptors (Lipinski definition) is 3. The van der Waals surface area contributed by atoms with Crippen LogP contribution in [-0.4, -0.2) is 48.1 Å². The van der Waals surface area contributed by atoms with Crippen LogP contribution < -0.4 is 4.90 Å².